The molecule has 0 spiro atoms. The molecular formula is C28H26FN5. The zero-order chi connectivity index (χ0) is 22.9. The van der Waals surface area contributed by atoms with E-state index < -0.39 is 0 Å². The van der Waals surface area contributed by atoms with E-state index in [1.807, 2.05) is 24.7 Å². The van der Waals surface area contributed by atoms with Crippen molar-refractivity contribution in [3.8, 4) is 22.5 Å². The van der Waals surface area contributed by atoms with Gasteiger partial charge in [0.05, 0.1) is 29.4 Å². The van der Waals surface area contributed by atoms with Crippen LogP contribution >= 0.6 is 0 Å². The summed E-state index contributed by atoms with van der Waals surface area (Å²) in [5.74, 6) is -0.240. The lowest BCUT2D eigenvalue weighted by Gasteiger charge is -2.33. The first-order valence-electron chi connectivity index (χ1n) is 11.8. The number of imidazole rings is 1. The van der Waals surface area contributed by atoms with Gasteiger partial charge in [0.1, 0.15) is 5.82 Å². The summed E-state index contributed by atoms with van der Waals surface area (Å²) in [6, 6.07) is 24.0. The number of aromatic amines is 1. The van der Waals surface area contributed by atoms with Crippen molar-refractivity contribution in [3.63, 3.8) is 0 Å². The van der Waals surface area contributed by atoms with Gasteiger partial charge in [0.25, 0.3) is 0 Å². The van der Waals surface area contributed by atoms with E-state index in [2.05, 4.69) is 68.2 Å². The van der Waals surface area contributed by atoms with Crippen LogP contribution in [0.4, 0.5) is 4.39 Å². The van der Waals surface area contributed by atoms with Crippen LogP contribution in [0.2, 0.25) is 0 Å². The number of nitrogens with one attached hydrogen (secondary N) is 1. The van der Waals surface area contributed by atoms with Crippen molar-refractivity contribution in [2.45, 2.75) is 25.4 Å². The van der Waals surface area contributed by atoms with Crippen LogP contribution in [0.15, 0.2) is 85.3 Å². The van der Waals surface area contributed by atoms with Crippen LogP contribution in [0.25, 0.3) is 33.4 Å². The number of nitrogens with zero attached hydrogens (tertiary/aromatic N) is 4. The first-order valence-corrected chi connectivity index (χ1v) is 11.8. The number of piperidine rings is 1. The van der Waals surface area contributed by atoms with E-state index in [9.17, 15) is 4.39 Å². The number of likely N-dealkylation sites (tertiary alicyclic amines) is 1. The normalized spacial score (nSPS) is 15.2. The molecule has 1 saturated heterocycles. The smallest absolute Gasteiger partial charge is 0.123 e. The highest BCUT2D eigenvalue weighted by atomic mass is 19.1. The minimum absolute atomic E-state index is 0.240. The number of hydrogen-bond donors (Lipinski definition) is 1. The maximum atomic E-state index is 13.6. The van der Waals surface area contributed by atoms with Gasteiger partial charge in [0.2, 0.25) is 0 Å². The molecule has 0 aliphatic carbocycles. The first-order chi connectivity index (χ1) is 16.7. The lowest BCUT2D eigenvalue weighted by Crippen LogP contribution is -2.34. The average molecular weight is 452 g/mol. The Kier molecular flexibility index (Phi) is 5.43. The molecule has 1 aliphatic heterocycles. The maximum Gasteiger partial charge on any atom is 0.123 e. The number of H-pyrrole nitrogens is 1. The van der Waals surface area contributed by atoms with E-state index >= 15 is 0 Å². The molecule has 1 aliphatic rings. The topological polar surface area (TPSA) is 49.7 Å². The molecule has 5 aromatic rings. The molecular weight excluding hydrogens is 425 g/mol. The van der Waals surface area contributed by atoms with Crippen molar-refractivity contribution >= 4 is 10.9 Å². The number of halogens is 1. The summed E-state index contributed by atoms with van der Waals surface area (Å²) in [6.45, 7) is 3.08. The summed E-state index contributed by atoms with van der Waals surface area (Å²) in [6.07, 6.45) is 5.93. The second kappa shape index (κ2) is 8.88. The Labute approximate surface area is 197 Å². The molecule has 34 heavy (non-hydrogen) atoms. The minimum atomic E-state index is -0.240. The van der Waals surface area contributed by atoms with Gasteiger partial charge < -0.3 is 4.57 Å². The fourth-order valence-electron chi connectivity index (χ4n) is 5.03. The van der Waals surface area contributed by atoms with E-state index in [0.717, 1.165) is 65.9 Å². The standard InChI is InChI=1S/C28H26FN5/c29-24-9-6-21(7-10-24)27-28(22-8-11-26-23(16-22)17-31-32-26)34(19-30-27)25-12-14-33(15-13-25)18-20-4-2-1-3-5-20/h1-11,16-17,19,25H,12-15,18H2,(H,31,32). The molecule has 0 amide bonds. The Balaban J connectivity index is 1.33. The predicted octanol–water partition coefficient (Wildman–Crippen LogP) is 6.07. The molecule has 0 atom stereocenters. The van der Waals surface area contributed by atoms with Gasteiger partial charge in [0.15, 0.2) is 0 Å². The maximum absolute atomic E-state index is 13.6. The molecule has 1 fully saturated rings. The quantitative estimate of drug-likeness (QED) is 0.353. The molecule has 0 unspecified atom stereocenters. The van der Waals surface area contributed by atoms with Crippen LogP contribution in [0, 0.1) is 5.82 Å². The van der Waals surface area contributed by atoms with Gasteiger partial charge in [-0.05, 0) is 54.8 Å². The fraction of sp³-hybridized carbons (Fsp3) is 0.214. The number of hydrogen-bond acceptors (Lipinski definition) is 3. The van der Waals surface area contributed by atoms with Gasteiger partial charge in [-0.15, -0.1) is 0 Å². The summed E-state index contributed by atoms with van der Waals surface area (Å²) < 4.78 is 15.9. The third kappa shape index (κ3) is 4.01. The highest BCUT2D eigenvalue weighted by Crippen LogP contribution is 2.37. The summed E-state index contributed by atoms with van der Waals surface area (Å²) in [5, 5.41) is 8.27. The number of aromatic nitrogens is 4. The van der Waals surface area contributed by atoms with Crippen LogP contribution in [0.3, 0.4) is 0 Å². The lowest BCUT2D eigenvalue weighted by atomic mass is 10.00. The Bertz CT molecular complexity index is 1400. The van der Waals surface area contributed by atoms with Crippen LogP contribution in [-0.2, 0) is 6.54 Å². The summed E-state index contributed by atoms with van der Waals surface area (Å²) in [7, 11) is 0. The molecule has 6 rings (SSSR count). The molecule has 0 bridgehead atoms. The number of fused-ring (bicyclic) bond motifs is 1. The van der Waals surface area contributed by atoms with Crippen LogP contribution in [0.1, 0.15) is 24.4 Å². The lowest BCUT2D eigenvalue weighted by molar-refractivity contribution is 0.180. The second-order valence-electron chi connectivity index (χ2n) is 9.02. The van der Waals surface area contributed by atoms with Crippen molar-refractivity contribution in [1.29, 1.82) is 0 Å². The molecule has 2 aromatic heterocycles. The third-order valence-corrected chi connectivity index (χ3v) is 6.82. The van der Waals surface area contributed by atoms with Crippen LogP contribution in [0.5, 0.6) is 0 Å². The highest BCUT2D eigenvalue weighted by molar-refractivity contribution is 5.87. The van der Waals surface area contributed by atoms with E-state index in [1.165, 1.54) is 17.7 Å². The second-order valence-corrected chi connectivity index (χ2v) is 9.02. The Morgan fingerprint density at radius 1 is 0.912 bits per heavy atom. The molecule has 170 valence electrons. The molecule has 0 saturated carbocycles. The Hall–Kier alpha value is -3.77. The third-order valence-electron chi connectivity index (χ3n) is 6.82. The number of rotatable bonds is 5. The van der Waals surface area contributed by atoms with Crippen molar-refractivity contribution in [1.82, 2.24) is 24.6 Å². The largest absolute Gasteiger partial charge is 0.327 e. The van der Waals surface area contributed by atoms with E-state index in [0.29, 0.717) is 6.04 Å². The van der Waals surface area contributed by atoms with E-state index in [1.54, 1.807) is 0 Å². The Morgan fingerprint density at radius 2 is 1.68 bits per heavy atom. The van der Waals surface area contributed by atoms with Gasteiger partial charge >= 0.3 is 0 Å². The molecule has 6 heteroatoms. The van der Waals surface area contributed by atoms with E-state index in [-0.39, 0.29) is 5.82 Å². The highest BCUT2D eigenvalue weighted by Gasteiger charge is 2.25. The van der Waals surface area contributed by atoms with Gasteiger partial charge in [-0.2, -0.15) is 5.10 Å². The van der Waals surface area contributed by atoms with Gasteiger partial charge in [0, 0.05) is 42.2 Å². The Morgan fingerprint density at radius 3 is 2.47 bits per heavy atom. The van der Waals surface area contributed by atoms with Gasteiger partial charge in [-0.3, -0.25) is 10.00 Å². The van der Waals surface area contributed by atoms with E-state index in [4.69, 9.17) is 4.98 Å². The van der Waals surface area contributed by atoms with Gasteiger partial charge in [-0.25, -0.2) is 9.37 Å². The minimum Gasteiger partial charge on any atom is -0.327 e. The molecule has 3 heterocycles. The summed E-state index contributed by atoms with van der Waals surface area (Å²) >= 11 is 0. The summed E-state index contributed by atoms with van der Waals surface area (Å²) in [5.41, 5.74) is 6.34. The molecule has 3 aromatic carbocycles. The van der Waals surface area contributed by atoms with Crippen molar-refractivity contribution in [2.75, 3.05) is 13.1 Å². The van der Waals surface area contributed by atoms with Crippen molar-refractivity contribution in [3.05, 3.63) is 96.7 Å². The SMILES string of the molecule is Fc1ccc(-c2ncn(C3CCN(Cc4ccccc4)CC3)c2-c2ccc3[nH]ncc3c2)cc1. The first kappa shape index (κ1) is 20.8. The van der Waals surface area contributed by atoms with Crippen LogP contribution < -0.4 is 0 Å². The summed E-state index contributed by atoms with van der Waals surface area (Å²) in [4.78, 5) is 7.35. The molecule has 1 N–H and O–H groups in total. The van der Waals surface area contributed by atoms with Crippen LogP contribution in [-0.4, -0.2) is 37.7 Å². The fourth-order valence-corrected chi connectivity index (χ4v) is 5.03. The zero-order valence-electron chi connectivity index (χ0n) is 18.9. The average Bonchev–Trinajstić information content (AvgIpc) is 3.52. The van der Waals surface area contributed by atoms with Crippen molar-refractivity contribution in [2.24, 2.45) is 0 Å². The monoisotopic (exact) mass is 451 g/mol. The zero-order valence-corrected chi connectivity index (χ0v) is 18.9. The number of benzene rings is 3. The predicted molar refractivity (Wildman–Crippen MR) is 133 cm³/mol. The van der Waals surface area contributed by atoms with Gasteiger partial charge in [-0.1, -0.05) is 36.4 Å². The molecule has 0 radical (unpaired) electrons. The molecule has 5 nitrogen and oxygen atoms in total. The van der Waals surface area contributed by atoms with Crippen molar-refractivity contribution < 1.29 is 4.39 Å².